The van der Waals surface area contributed by atoms with Crippen molar-refractivity contribution in [2.24, 2.45) is 0 Å². The molecule has 0 saturated carbocycles. The highest BCUT2D eigenvalue weighted by Crippen LogP contribution is 2.13. The summed E-state index contributed by atoms with van der Waals surface area (Å²) in [6, 6.07) is 5.91. The number of aliphatic hydroxyl groups excluding tert-OH is 1. The summed E-state index contributed by atoms with van der Waals surface area (Å²) in [4.78, 5) is 4.59. The van der Waals surface area contributed by atoms with Crippen molar-refractivity contribution in [2.75, 3.05) is 37.6 Å². The third kappa shape index (κ3) is 4.49. The molecule has 1 unspecified atom stereocenters. The average molecular weight is 316 g/mol. The second kappa shape index (κ2) is 7.52. The fraction of sp³-hybridized carbons (Fsp3) is 0.562. The summed E-state index contributed by atoms with van der Waals surface area (Å²) < 4.78 is 1.77. The van der Waals surface area contributed by atoms with Gasteiger partial charge in [0.2, 0.25) is 0 Å². The normalized spacial score (nSPS) is 17.9. The van der Waals surface area contributed by atoms with Gasteiger partial charge in [-0.05, 0) is 38.1 Å². The van der Waals surface area contributed by atoms with Crippen LogP contribution in [0, 0.1) is 6.92 Å². The van der Waals surface area contributed by atoms with Crippen LogP contribution in [-0.2, 0) is 6.54 Å². The molecule has 23 heavy (non-hydrogen) atoms. The largest absolute Gasteiger partial charge is 0.390 e. The number of aliphatic hydroxyl groups is 1. The van der Waals surface area contributed by atoms with Crippen LogP contribution in [-0.4, -0.2) is 68.8 Å². The van der Waals surface area contributed by atoms with Crippen LogP contribution in [0.3, 0.4) is 0 Å². The van der Waals surface area contributed by atoms with Crippen molar-refractivity contribution >= 4 is 5.82 Å². The standard InChI is InChI=1S/C16H24N6O/c1-14-4-5-16(19-18-14)21-8-3-7-20(10-11-21)12-15(23)13-22-9-2-6-17-22/h2,4-6,9,15,23H,3,7-8,10-13H2,1H3. The highest BCUT2D eigenvalue weighted by molar-refractivity contribution is 5.37. The second-order valence-electron chi connectivity index (χ2n) is 6.06. The zero-order chi connectivity index (χ0) is 16.1. The van der Waals surface area contributed by atoms with E-state index in [0.29, 0.717) is 13.1 Å². The lowest BCUT2D eigenvalue weighted by atomic mass is 10.3. The van der Waals surface area contributed by atoms with Crippen molar-refractivity contribution in [1.82, 2.24) is 24.9 Å². The second-order valence-corrected chi connectivity index (χ2v) is 6.06. The maximum Gasteiger partial charge on any atom is 0.151 e. The Morgan fingerprint density at radius 3 is 2.78 bits per heavy atom. The first kappa shape index (κ1) is 15.9. The van der Waals surface area contributed by atoms with E-state index in [-0.39, 0.29) is 0 Å². The maximum atomic E-state index is 10.2. The molecule has 0 amide bonds. The fourth-order valence-electron chi connectivity index (χ4n) is 2.92. The van der Waals surface area contributed by atoms with Crippen LogP contribution in [0.5, 0.6) is 0 Å². The topological polar surface area (TPSA) is 70.3 Å². The van der Waals surface area contributed by atoms with Gasteiger partial charge in [0.25, 0.3) is 0 Å². The Hall–Kier alpha value is -1.99. The Kier molecular flexibility index (Phi) is 5.19. The third-order valence-corrected chi connectivity index (χ3v) is 4.12. The van der Waals surface area contributed by atoms with E-state index in [2.05, 4.69) is 25.1 Å². The number of rotatable bonds is 5. The van der Waals surface area contributed by atoms with Gasteiger partial charge in [0, 0.05) is 38.6 Å². The van der Waals surface area contributed by atoms with Crippen molar-refractivity contribution in [3.05, 3.63) is 36.3 Å². The molecule has 2 aromatic rings. The van der Waals surface area contributed by atoms with E-state index in [1.807, 2.05) is 31.3 Å². The van der Waals surface area contributed by atoms with Crippen LogP contribution >= 0.6 is 0 Å². The number of aromatic nitrogens is 4. The van der Waals surface area contributed by atoms with Crippen molar-refractivity contribution < 1.29 is 5.11 Å². The van der Waals surface area contributed by atoms with Gasteiger partial charge in [-0.1, -0.05) is 0 Å². The quantitative estimate of drug-likeness (QED) is 0.869. The van der Waals surface area contributed by atoms with Gasteiger partial charge in [-0.25, -0.2) is 0 Å². The zero-order valence-corrected chi connectivity index (χ0v) is 13.5. The molecule has 0 spiro atoms. The third-order valence-electron chi connectivity index (χ3n) is 4.12. The van der Waals surface area contributed by atoms with Gasteiger partial charge in [0.1, 0.15) is 0 Å². The number of anilines is 1. The van der Waals surface area contributed by atoms with Crippen molar-refractivity contribution in [2.45, 2.75) is 26.0 Å². The molecular weight excluding hydrogens is 292 g/mol. The minimum Gasteiger partial charge on any atom is -0.390 e. The highest BCUT2D eigenvalue weighted by atomic mass is 16.3. The van der Waals surface area contributed by atoms with Gasteiger partial charge in [-0.3, -0.25) is 9.58 Å². The molecule has 0 bridgehead atoms. The Morgan fingerprint density at radius 1 is 1.13 bits per heavy atom. The molecule has 3 heterocycles. The zero-order valence-electron chi connectivity index (χ0n) is 13.5. The first-order valence-corrected chi connectivity index (χ1v) is 8.14. The van der Waals surface area contributed by atoms with Crippen LogP contribution < -0.4 is 4.90 Å². The molecule has 1 N–H and O–H groups in total. The molecule has 7 heteroatoms. The van der Waals surface area contributed by atoms with Crippen LogP contribution in [0.1, 0.15) is 12.1 Å². The van der Waals surface area contributed by atoms with E-state index in [4.69, 9.17) is 0 Å². The predicted octanol–water partition coefficient (Wildman–Crippen LogP) is 0.555. The summed E-state index contributed by atoms with van der Waals surface area (Å²) in [5.74, 6) is 0.939. The molecular formula is C16H24N6O. The molecule has 1 aliphatic rings. The van der Waals surface area contributed by atoms with E-state index >= 15 is 0 Å². The molecule has 124 valence electrons. The van der Waals surface area contributed by atoms with Crippen molar-refractivity contribution in [3.63, 3.8) is 0 Å². The Balaban J connectivity index is 1.51. The number of hydrogen-bond donors (Lipinski definition) is 1. The first-order chi connectivity index (χ1) is 11.2. The number of β-amino-alcohol motifs (C(OH)–C–C–N with tert-alkyl or cyclic N) is 1. The summed E-state index contributed by atoms with van der Waals surface area (Å²) in [5, 5.41) is 22.8. The monoisotopic (exact) mass is 316 g/mol. The molecule has 1 fully saturated rings. The van der Waals surface area contributed by atoms with Gasteiger partial charge in [0.15, 0.2) is 5.82 Å². The van der Waals surface area contributed by atoms with Gasteiger partial charge in [0.05, 0.1) is 18.3 Å². The summed E-state index contributed by atoms with van der Waals surface area (Å²) in [6.07, 6.45) is 4.27. The van der Waals surface area contributed by atoms with E-state index in [1.54, 1.807) is 10.9 Å². The maximum absolute atomic E-state index is 10.2. The molecule has 0 radical (unpaired) electrons. The number of aryl methyl sites for hydroxylation is 1. The van der Waals surface area contributed by atoms with Crippen LogP contribution in [0.15, 0.2) is 30.6 Å². The lowest BCUT2D eigenvalue weighted by molar-refractivity contribution is 0.0980. The van der Waals surface area contributed by atoms with Gasteiger partial charge in [-0.2, -0.15) is 10.2 Å². The van der Waals surface area contributed by atoms with Crippen molar-refractivity contribution in [1.29, 1.82) is 0 Å². The Labute approximate surface area is 136 Å². The summed E-state index contributed by atoms with van der Waals surface area (Å²) in [5.41, 5.74) is 0.937. The number of nitrogens with zero attached hydrogens (tertiary/aromatic N) is 6. The average Bonchev–Trinajstić information content (AvgIpc) is 2.93. The molecule has 3 rings (SSSR count). The molecule has 1 aliphatic heterocycles. The summed E-state index contributed by atoms with van der Waals surface area (Å²) in [6.45, 7) is 6.96. The Morgan fingerprint density at radius 2 is 2.04 bits per heavy atom. The smallest absolute Gasteiger partial charge is 0.151 e. The minimum absolute atomic E-state index is 0.402. The lowest BCUT2D eigenvalue weighted by Gasteiger charge is -2.24. The minimum atomic E-state index is -0.402. The molecule has 0 aromatic carbocycles. The molecule has 2 aromatic heterocycles. The van der Waals surface area contributed by atoms with Gasteiger partial charge < -0.3 is 10.0 Å². The first-order valence-electron chi connectivity index (χ1n) is 8.14. The number of hydrogen-bond acceptors (Lipinski definition) is 6. The highest BCUT2D eigenvalue weighted by Gasteiger charge is 2.18. The van der Waals surface area contributed by atoms with Crippen LogP contribution in [0.4, 0.5) is 5.82 Å². The van der Waals surface area contributed by atoms with Gasteiger partial charge in [-0.15, -0.1) is 5.10 Å². The summed E-state index contributed by atoms with van der Waals surface area (Å²) >= 11 is 0. The summed E-state index contributed by atoms with van der Waals surface area (Å²) in [7, 11) is 0. The molecule has 7 nitrogen and oxygen atoms in total. The van der Waals surface area contributed by atoms with E-state index in [9.17, 15) is 5.11 Å². The predicted molar refractivity (Wildman–Crippen MR) is 88.3 cm³/mol. The fourth-order valence-corrected chi connectivity index (χ4v) is 2.92. The molecule has 0 aliphatic carbocycles. The van der Waals surface area contributed by atoms with Crippen LogP contribution in [0.2, 0.25) is 0 Å². The van der Waals surface area contributed by atoms with Gasteiger partial charge >= 0.3 is 0 Å². The van der Waals surface area contributed by atoms with E-state index < -0.39 is 6.10 Å². The molecule has 1 saturated heterocycles. The Bertz CT molecular complexity index is 585. The lowest BCUT2D eigenvalue weighted by Crippen LogP contribution is -2.37. The SMILES string of the molecule is Cc1ccc(N2CCCN(CC(O)Cn3cccn3)CC2)nn1. The van der Waals surface area contributed by atoms with Crippen LogP contribution in [0.25, 0.3) is 0 Å². The van der Waals surface area contributed by atoms with E-state index in [0.717, 1.165) is 44.1 Å². The van der Waals surface area contributed by atoms with Crippen molar-refractivity contribution in [3.8, 4) is 0 Å². The van der Waals surface area contributed by atoms with E-state index in [1.165, 1.54) is 0 Å². The molecule has 1 atom stereocenters.